The summed E-state index contributed by atoms with van der Waals surface area (Å²) in [5.74, 6) is 0.243. The third-order valence-corrected chi connectivity index (χ3v) is 4.57. The van der Waals surface area contributed by atoms with Crippen molar-refractivity contribution in [2.75, 3.05) is 5.32 Å². The lowest BCUT2D eigenvalue weighted by Gasteiger charge is -2.12. The quantitative estimate of drug-likeness (QED) is 0.756. The van der Waals surface area contributed by atoms with Crippen molar-refractivity contribution in [2.45, 2.75) is 26.2 Å². The van der Waals surface area contributed by atoms with E-state index in [-0.39, 0.29) is 11.8 Å². The van der Waals surface area contributed by atoms with Gasteiger partial charge in [-0.15, -0.1) is 11.3 Å². The van der Waals surface area contributed by atoms with E-state index in [2.05, 4.69) is 29.4 Å². The number of aromatic nitrogens is 1. The van der Waals surface area contributed by atoms with E-state index in [9.17, 15) is 4.79 Å². The van der Waals surface area contributed by atoms with Gasteiger partial charge in [-0.2, -0.15) is 0 Å². The minimum absolute atomic E-state index is 0.0388. The number of amides is 1. The predicted octanol–water partition coefficient (Wildman–Crippen LogP) is 4.74. The number of nitrogens with zero attached hydrogens (tertiary/aromatic N) is 1. The largest absolute Gasteiger partial charge is 0.326 e. The van der Waals surface area contributed by atoms with Gasteiger partial charge in [-0.1, -0.05) is 37.3 Å². The van der Waals surface area contributed by atoms with Crippen LogP contribution in [-0.4, -0.2) is 10.9 Å². The summed E-state index contributed by atoms with van der Waals surface area (Å²) in [5, 5.41) is 4.02. The van der Waals surface area contributed by atoms with Crippen LogP contribution >= 0.6 is 11.3 Å². The molecule has 3 nitrogen and oxygen atoms in total. The van der Waals surface area contributed by atoms with E-state index in [0.29, 0.717) is 6.42 Å². The van der Waals surface area contributed by atoms with Gasteiger partial charge < -0.3 is 5.32 Å². The fourth-order valence-corrected chi connectivity index (χ4v) is 3.37. The summed E-state index contributed by atoms with van der Waals surface area (Å²) in [4.78, 5) is 16.6. The molecule has 0 aliphatic carbocycles. The highest BCUT2D eigenvalue weighted by atomic mass is 32.1. The fourth-order valence-electron chi connectivity index (χ4n) is 2.51. The van der Waals surface area contributed by atoms with E-state index < -0.39 is 0 Å². The Morgan fingerprint density at radius 1 is 1.23 bits per heavy atom. The molecule has 3 aromatic rings. The highest BCUT2D eigenvalue weighted by molar-refractivity contribution is 7.18. The van der Waals surface area contributed by atoms with Crippen LogP contribution in [0.1, 0.15) is 29.8 Å². The van der Waals surface area contributed by atoms with Crippen molar-refractivity contribution >= 4 is 33.1 Å². The van der Waals surface area contributed by atoms with Crippen molar-refractivity contribution < 1.29 is 4.79 Å². The first-order valence-corrected chi connectivity index (χ1v) is 8.15. The van der Waals surface area contributed by atoms with Crippen LogP contribution in [-0.2, 0) is 4.79 Å². The van der Waals surface area contributed by atoms with Gasteiger partial charge >= 0.3 is 0 Å². The molecular formula is C18H18N2OS. The summed E-state index contributed by atoms with van der Waals surface area (Å²) in [6.45, 7) is 4.06. The van der Waals surface area contributed by atoms with Crippen LogP contribution in [0.3, 0.4) is 0 Å². The molecule has 22 heavy (non-hydrogen) atoms. The lowest BCUT2D eigenvalue weighted by Crippen LogP contribution is -2.14. The van der Waals surface area contributed by atoms with Crippen LogP contribution in [0.15, 0.2) is 48.5 Å². The van der Waals surface area contributed by atoms with Gasteiger partial charge in [-0.3, -0.25) is 4.79 Å². The molecule has 1 aromatic heterocycles. The van der Waals surface area contributed by atoms with Gasteiger partial charge in [0.25, 0.3) is 0 Å². The zero-order chi connectivity index (χ0) is 15.5. The zero-order valence-electron chi connectivity index (χ0n) is 12.7. The number of thiazole rings is 1. The number of anilines is 1. The topological polar surface area (TPSA) is 42.0 Å². The van der Waals surface area contributed by atoms with Crippen LogP contribution in [0.25, 0.3) is 10.2 Å². The monoisotopic (exact) mass is 310 g/mol. The second-order valence-corrected chi connectivity index (χ2v) is 6.71. The summed E-state index contributed by atoms with van der Waals surface area (Å²) < 4.78 is 1.10. The standard InChI is InChI=1S/C18H18N2OS/c1-12(14-6-4-3-5-7-14)10-18(21)20-15-8-9-16-17(11-15)22-13(2)19-16/h3-9,11-12H,10H2,1-2H3,(H,20,21)/t12-/m1/s1. The Hall–Kier alpha value is -2.20. The molecule has 2 aromatic carbocycles. The Bertz CT molecular complexity index is 795. The Labute approximate surface area is 134 Å². The third-order valence-electron chi connectivity index (χ3n) is 3.64. The van der Waals surface area contributed by atoms with Crippen molar-refractivity contribution in [3.63, 3.8) is 0 Å². The number of fused-ring (bicyclic) bond motifs is 1. The van der Waals surface area contributed by atoms with Gasteiger partial charge in [0, 0.05) is 12.1 Å². The number of carbonyl (C=O) groups is 1. The van der Waals surface area contributed by atoms with Crippen LogP contribution < -0.4 is 5.32 Å². The van der Waals surface area contributed by atoms with Crippen LogP contribution in [0, 0.1) is 6.92 Å². The smallest absolute Gasteiger partial charge is 0.224 e. The molecular weight excluding hydrogens is 292 g/mol. The lowest BCUT2D eigenvalue weighted by atomic mass is 9.97. The Morgan fingerprint density at radius 2 is 2.00 bits per heavy atom. The van der Waals surface area contributed by atoms with E-state index >= 15 is 0 Å². The molecule has 0 radical (unpaired) electrons. The molecule has 0 fully saturated rings. The Kier molecular flexibility index (Phi) is 4.20. The van der Waals surface area contributed by atoms with Crippen LogP contribution in [0.4, 0.5) is 5.69 Å². The van der Waals surface area contributed by atoms with Gasteiger partial charge in [0.1, 0.15) is 0 Å². The van der Waals surface area contributed by atoms with Gasteiger partial charge in [-0.05, 0) is 36.6 Å². The summed E-state index contributed by atoms with van der Waals surface area (Å²) in [5.41, 5.74) is 3.01. The van der Waals surface area contributed by atoms with Gasteiger partial charge in [0.15, 0.2) is 0 Å². The molecule has 4 heteroatoms. The van der Waals surface area contributed by atoms with Gasteiger partial charge in [0.05, 0.1) is 15.2 Å². The average molecular weight is 310 g/mol. The first-order valence-electron chi connectivity index (χ1n) is 7.34. The summed E-state index contributed by atoms with van der Waals surface area (Å²) in [6, 6.07) is 16.0. The number of nitrogens with one attached hydrogen (secondary N) is 1. The second-order valence-electron chi connectivity index (χ2n) is 5.48. The molecule has 0 aliphatic rings. The molecule has 0 unspecified atom stereocenters. The number of aryl methyl sites for hydroxylation is 1. The van der Waals surface area contributed by atoms with Crippen molar-refractivity contribution in [2.24, 2.45) is 0 Å². The first kappa shape index (κ1) is 14.7. The average Bonchev–Trinajstić information content (AvgIpc) is 2.87. The van der Waals surface area contributed by atoms with Gasteiger partial charge in [0.2, 0.25) is 5.91 Å². The molecule has 0 saturated heterocycles. The SMILES string of the molecule is Cc1nc2ccc(NC(=O)C[C@@H](C)c3ccccc3)cc2s1. The van der Waals surface area contributed by atoms with E-state index in [1.807, 2.05) is 43.3 Å². The highest BCUT2D eigenvalue weighted by Gasteiger charge is 2.11. The first-order chi connectivity index (χ1) is 10.6. The minimum atomic E-state index is 0.0388. The predicted molar refractivity (Wildman–Crippen MR) is 92.5 cm³/mol. The molecule has 0 spiro atoms. The zero-order valence-corrected chi connectivity index (χ0v) is 13.5. The van der Waals surface area contributed by atoms with Crippen molar-refractivity contribution in [3.05, 3.63) is 59.1 Å². The van der Waals surface area contributed by atoms with Crippen LogP contribution in [0.5, 0.6) is 0 Å². The molecule has 1 heterocycles. The van der Waals surface area contributed by atoms with Crippen LogP contribution in [0.2, 0.25) is 0 Å². The summed E-state index contributed by atoms with van der Waals surface area (Å²) in [7, 11) is 0. The molecule has 0 bridgehead atoms. The minimum Gasteiger partial charge on any atom is -0.326 e. The maximum Gasteiger partial charge on any atom is 0.224 e. The van der Waals surface area contributed by atoms with E-state index in [0.717, 1.165) is 20.9 Å². The molecule has 1 atom stereocenters. The maximum atomic E-state index is 12.2. The fraction of sp³-hybridized carbons (Fsp3) is 0.222. The van der Waals surface area contributed by atoms with E-state index in [1.54, 1.807) is 11.3 Å². The van der Waals surface area contributed by atoms with Gasteiger partial charge in [-0.25, -0.2) is 4.98 Å². The number of benzene rings is 2. The Morgan fingerprint density at radius 3 is 2.77 bits per heavy atom. The van der Waals surface area contributed by atoms with Crippen molar-refractivity contribution in [1.29, 1.82) is 0 Å². The molecule has 3 rings (SSSR count). The van der Waals surface area contributed by atoms with E-state index in [4.69, 9.17) is 0 Å². The summed E-state index contributed by atoms with van der Waals surface area (Å²) in [6.07, 6.45) is 0.476. The highest BCUT2D eigenvalue weighted by Crippen LogP contribution is 2.25. The number of hydrogen-bond acceptors (Lipinski definition) is 3. The lowest BCUT2D eigenvalue weighted by molar-refractivity contribution is -0.116. The molecule has 1 N–H and O–H groups in total. The number of rotatable bonds is 4. The number of hydrogen-bond donors (Lipinski definition) is 1. The normalized spacial score (nSPS) is 12.3. The number of carbonyl (C=O) groups excluding carboxylic acids is 1. The Balaban J connectivity index is 1.67. The molecule has 1 amide bonds. The summed E-state index contributed by atoms with van der Waals surface area (Å²) >= 11 is 1.64. The molecule has 112 valence electrons. The third kappa shape index (κ3) is 3.34. The van der Waals surface area contributed by atoms with Crippen molar-refractivity contribution in [3.8, 4) is 0 Å². The second kappa shape index (κ2) is 6.28. The molecule has 0 aliphatic heterocycles. The maximum absolute atomic E-state index is 12.2. The van der Waals surface area contributed by atoms with Crippen molar-refractivity contribution in [1.82, 2.24) is 4.98 Å². The molecule has 0 saturated carbocycles. The van der Waals surface area contributed by atoms with E-state index in [1.165, 1.54) is 5.56 Å².